The number of rotatable bonds is 1. The van der Waals surface area contributed by atoms with Crippen molar-refractivity contribution >= 4 is 0 Å². The van der Waals surface area contributed by atoms with E-state index in [-0.39, 0.29) is 5.75 Å². The van der Waals surface area contributed by atoms with Gasteiger partial charge in [0.2, 0.25) is 0 Å². The molecule has 1 rings (SSSR count). The third kappa shape index (κ3) is 1.38. The molecule has 0 amide bonds. The Morgan fingerprint density at radius 3 is 2.62 bits per heavy atom. The van der Waals surface area contributed by atoms with Gasteiger partial charge in [0.15, 0.2) is 23.1 Å². The van der Waals surface area contributed by atoms with Gasteiger partial charge >= 0.3 is 0 Å². The summed E-state index contributed by atoms with van der Waals surface area (Å²) < 4.78 is 30.0. The standard InChI is InChI=1S/C8H5F2NO2/c1-13-6-2-5(9)7(10)4(3-11)8(6)12/h2,12H,1H3. The highest BCUT2D eigenvalue weighted by atomic mass is 19.2. The average Bonchev–Trinajstić information content (AvgIpc) is 2.12. The predicted molar refractivity (Wildman–Crippen MR) is 39.3 cm³/mol. The van der Waals surface area contributed by atoms with Crippen LogP contribution >= 0.6 is 0 Å². The van der Waals surface area contributed by atoms with Gasteiger partial charge in [0, 0.05) is 6.07 Å². The van der Waals surface area contributed by atoms with Crippen molar-refractivity contribution in [3.05, 3.63) is 23.3 Å². The van der Waals surface area contributed by atoms with Gasteiger partial charge in [-0.15, -0.1) is 0 Å². The van der Waals surface area contributed by atoms with Crippen LogP contribution in [0.25, 0.3) is 0 Å². The zero-order chi connectivity index (χ0) is 10.0. The maximum Gasteiger partial charge on any atom is 0.180 e. The number of nitrogens with zero attached hydrogens (tertiary/aromatic N) is 1. The minimum atomic E-state index is -1.37. The van der Waals surface area contributed by atoms with E-state index in [1.54, 1.807) is 0 Å². The lowest BCUT2D eigenvalue weighted by atomic mass is 10.2. The van der Waals surface area contributed by atoms with E-state index in [4.69, 9.17) is 10.4 Å². The molecule has 0 heterocycles. The first-order valence-electron chi connectivity index (χ1n) is 3.26. The van der Waals surface area contributed by atoms with Gasteiger partial charge in [-0.05, 0) is 0 Å². The van der Waals surface area contributed by atoms with Gasteiger partial charge < -0.3 is 9.84 Å². The molecule has 0 aliphatic rings. The van der Waals surface area contributed by atoms with Crippen LogP contribution in [0.5, 0.6) is 11.5 Å². The van der Waals surface area contributed by atoms with Crippen molar-refractivity contribution in [2.75, 3.05) is 7.11 Å². The summed E-state index contributed by atoms with van der Waals surface area (Å²) in [5.74, 6) is -3.56. The first-order chi connectivity index (χ1) is 6.11. The monoisotopic (exact) mass is 185 g/mol. The molecule has 0 aliphatic heterocycles. The zero-order valence-corrected chi connectivity index (χ0v) is 6.64. The molecule has 13 heavy (non-hydrogen) atoms. The number of methoxy groups -OCH3 is 1. The quantitative estimate of drug-likeness (QED) is 0.722. The summed E-state index contributed by atoms with van der Waals surface area (Å²) in [5.41, 5.74) is -0.753. The molecule has 0 fully saturated rings. The number of hydrogen-bond donors (Lipinski definition) is 1. The molecule has 0 saturated heterocycles. The number of phenols is 1. The van der Waals surface area contributed by atoms with Gasteiger partial charge in [0.25, 0.3) is 0 Å². The highest BCUT2D eigenvalue weighted by Crippen LogP contribution is 2.32. The molecular formula is C8H5F2NO2. The Bertz CT molecular complexity index is 385. The molecule has 3 nitrogen and oxygen atoms in total. The number of nitriles is 1. The Morgan fingerprint density at radius 1 is 1.54 bits per heavy atom. The van der Waals surface area contributed by atoms with E-state index in [1.165, 1.54) is 13.2 Å². The number of aromatic hydroxyl groups is 1. The van der Waals surface area contributed by atoms with Crippen molar-refractivity contribution in [1.29, 1.82) is 5.26 Å². The van der Waals surface area contributed by atoms with Gasteiger partial charge in [-0.25, -0.2) is 8.78 Å². The SMILES string of the molecule is COc1cc(F)c(F)c(C#N)c1O. The van der Waals surface area contributed by atoms with E-state index in [2.05, 4.69) is 4.74 Å². The lowest BCUT2D eigenvalue weighted by molar-refractivity contribution is 0.363. The molecule has 0 saturated carbocycles. The highest BCUT2D eigenvalue weighted by molar-refractivity contribution is 5.52. The summed E-state index contributed by atoms with van der Waals surface area (Å²) >= 11 is 0. The Kier molecular flexibility index (Phi) is 2.33. The molecule has 0 aromatic heterocycles. The van der Waals surface area contributed by atoms with Gasteiger partial charge in [-0.1, -0.05) is 0 Å². The second-order valence-corrected chi connectivity index (χ2v) is 2.21. The molecule has 1 aromatic rings. The summed E-state index contributed by atoms with van der Waals surface area (Å²) in [5, 5.41) is 17.5. The molecular weight excluding hydrogens is 180 g/mol. The van der Waals surface area contributed by atoms with Crippen molar-refractivity contribution in [2.24, 2.45) is 0 Å². The first kappa shape index (κ1) is 9.26. The van der Waals surface area contributed by atoms with Gasteiger partial charge in [0.1, 0.15) is 11.6 Å². The molecule has 5 heteroatoms. The summed E-state index contributed by atoms with van der Waals surface area (Å²) in [6.07, 6.45) is 0. The lowest BCUT2D eigenvalue weighted by Crippen LogP contribution is -1.94. The lowest BCUT2D eigenvalue weighted by Gasteiger charge is -2.05. The van der Waals surface area contributed by atoms with Crippen molar-refractivity contribution in [2.45, 2.75) is 0 Å². The minimum absolute atomic E-state index is 0.268. The fraction of sp³-hybridized carbons (Fsp3) is 0.125. The normalized spacial score (nSPS) is 9.38. The van der Waals surface area contributed by atoms with Gasteiger partial charge in [-0.3, -0.25) is 0 Å². The third-order valence-corrected chi connectivity index (χ3v) is 1.49. The number of benzene rings is 1. The van der Waals surface area contributed by atoms with Crippen LogP contribution in [0.4, 0.5) is 8.78 Å². The largest absolute Gasteiger partial charge is 0.503 e. The molecule has 1 N–H and O–H groups in total. The van der Waals surface area contributed by atoms with E-state index >= 15 is 0 Å². The smallest absolute Gasteiger partial charge is 0.180 e. The van der Waals surface area contributed by atoms with Crippen molar-refractivity contribution in [3.63, 3.8) is 0 Å². The fourth-order valence-electron chi connectivity index (χ4n) is 0.851. The average molecular weight is 185 g/mol. The Labute approximate surface area is 72.8 Å². The summed E-state index contributed by atoms with van der Waals surface area (Å²) in [7, 11) is 1.17. The van der Waals surface area contributed by atoms with E-state index in [0.29, 0.717) is 6.07 Å². The maximum absolute atomic E-state index is 12.8. The molecule has 0 spiro atoms. The van der Waals surface area contributed by atoms with Gasteiger partial charge in [0.05, 0.1) is 7.11 Å². The number of ether oxygens (including phenoxy) is 1. The van der Waals surface area contributed by atoms with Crippen molar-refractivity contribution < 1.29 is 18.6 Å². The predicted octanol–water partition coefficient (Wildman–Crippen LogP) is 1.55. The van der Waals surface area contributed by atoms with Crippen LogP contribution in [-0.4, -0.2) is 12.2 Å². The third-order valence-electron chi connectivity index (χ3n) is 1.49. The fourth-order valence-corrected chi connectivity index (χ4v) is 0.851. The summed E-state index contributed by atoms with van der Waals surface area (Å²) in [4.78, 5) is 0. The van der Waals surface area contributed by atoms with Crippen LogP contribution in [-0.2, 0) is 0 Å². The van der Waals surface area contributed by atoms with Crippen LogP contribution in [0.1, 0.15) is 5.56 Å². The molecule has 0 bridgehead atoms. The second-order valence-electron chi connectivity index (χ2n) is 2.21. The van der Waals surface area contributed by atoms with Gasteiger partial charge in [-0.2, -0.15) is 5.26 Å². The molecule has 0 atom stereocenters. The molecule has 0 aliphatic carbocycles. The molecule has 0 radical (unpaired) electrons. The van der Waals surface area contributed by atoms with Crippen LogP contribution in [0.15, 0.2) is 6.07 Å². The van der Waals surface area contributed by atoms with E-state index in [1.807, 2.05) is 0 Å². The number of halogens is 2. The zero-order valence-electron chi connectivity index (χ0n) is 6.64. The van der Waals surface area contributed by atoms with Crippen LogP contribution in [0.3, 0.4) is 0 Å². The van der Waals surface area contributed by atoms with Crippen molar-refractivity contribution in [3.8, 4) is 17.6 Å². The van der Waals surface area contributed by atoms with Crippen LogP contribution < -0.4 is 4.74 Å². The van der Waals surface area contributed by atoms with Crippen LogP contribution in [0, 0.1) is 23.0 Å². The van der Waals surface area contributed by atoms with E-state index in [0.717, 1.165) is 0 Å². The topological polar surface area (TPSA) is 53.2 Å². The molecule has 1 aromatic carbocycles. The second kappa shape index (κ2) is 3.27. The summed E-state index contributed by atoms with van der Waals surface area (Å²) in [6, 6.07) is 2.01. The first-order valence-corrected chi connectivity index (χ1v) is 3.26. The Balaban J connectivity index is 3.50. The maximum atomic E-state index is 12.8. The van der Waals surface area contributed by atoms with E-state index in [9.17, 15) is 8.78 Å². The Hall–Kier alpha value is -1.83. The molecule has 0 unspecified atom stereocenters. The van der Waals surface area contributed by atoms with E-state index < -0.39 is 22.9 Å². The van der Waals surface area contributed by atoms with Crippen molar-refractivity contribution in [1.82, 2.24) is 0 Å². The minimum Gasteiger partial charge on any atom is -0.503 e. The highest BCUT2D eigenvalue weighted by Gasteiger charge is 2.17. The Morgan fingerprint density at radius 2 is 2.15 bits per heavy atom. The molecule has 68 valence electrons. The number of hydrogen-bond acceptors (Lipinski definition) is 3. The summed E-state index contributed by atoms with van der Waals surface area (Å²) in [6.45, 7) is 0. The van der Waals surface area contributed by atoms with Crippen LogP contribution in [0.2, 0.25) is 0 Å². The number of phenolic OH excluding ortho intramolecular Hbond substituents is 1.